The number of amides is 1. The summed E-state index contributed by atoms with van der Waals surface area (Å²) in [7, 11) is 4.02. The van der Waals surface area contributed by atoms with Crippen molar-refractivity contribution >= 4 is 57.8 Å². The van der Waals surface area contributed by atoms with Crippen LogP contribution in [0.25, 0.3) is 0 Å². The minimum Gasteiger partial charge on any atom is -0.481 e. The van der Waals surface area contributed by atoms with Crippen molar-refractivity contribution in [3.05, 3.63) is 48.5 Å². The number of nitrogens with two attached hydrogens (primary N) is 3. The molecule has 2 fully saturated rings. The Morgan fingerprint density at radius 2 is 1.26 bits per heavy atom. The fraction of sp³-hybridized carbons (Fsp3) is 0.481. The number of hydrogen-bond donors (Lipinski definition) is 5. The van der Waals surface area contributed by atoms with Crippen LogP contribution in [0.1, 0.15) is 25.7 Å². The summed E-state index contributed by atoms with van der Waals surface area (Å²) in [5, 5.41) is 11.7. The molecule has 2 aliphatic rings. The van der Waals surface area contributed by atoms with E-state index in [-0.39, 0.29) is 23.1 Å². The van der Waals surface area contributed by atoms with Gasteiger partial charge in [0.2, 0.25) is 5.91 Å². The quantitative estimate of drug-likeness (QED) is 0.272. The topological polar surface area (TPSA) is 151 Å². The average Bonchev–Trinajstić information content (AvgIpc) is 2.88. The normalized spacial score (nSPS) is 19.3. The number of nitrogen functional groups attached to an aromatic ring is 3. The number of para-hydroxylation sites is 4. The molecule has 0 aromatic heterocycles. The molecule has 9 nitrogen and oxygen atoms in total. The molecule has 38 heavy (non-hydrogen) atoms. The van der Waals surface area contributed by atoms with Crippen LogP contribution in [-0.2, 0) is 9.59 Å². The number of nitrogens with zero attached hydrogens (tertiary/aromatic N) is 2. The zero-order chi connectivity index (χ0) is 28.5. The Bertz CT molecular complexity index is 960. The van der Waals surface area contributed by atoms with Gasteiger partial charge in [-0.1, -0.05) is 24.3 Å². The van der Waals surface area contributed by atoms with Crippen LogP contribution < -0.4 is 22.5 Å². The van der Waals surface area contributed by atoms with E-state index in [0.717, 1.165) is 51.9 Å². The van der Waals surface area contributed by atoms with E-state index in [1.165, 1.54) is 0 Å². The number of rotatable bonds is 3. The highest BCUT2D eigenvalue weighted by molar-refractivity contribution is 6.40. The second-order valence-corrected chi connectivity index (χ2v) is 10.2. The van der Waals surface area contributed by atoms with Gasteiger partial charge in [0.25, 0.3) is 0 Å². The lowest BCUT2D eigenvalue weighted by Crippen LogP contribution is -2.38. The molecule has 0 radical (unpaired) electrons. The average molecular weight is 570 g/mol. The maximum absolute atomic E-state index is 12.1. The van der Waals surface area contributed by atoms with Crippen LogP contribution in [-0.4, -0.2) is 72.4 Å². The van der Waals surface area contributed by atoms with E-state index in [1.54, 1.807) is 18.2 Å². The van der Waals surface area contributed by atoms with E-state index in [0.29, 0.717) is 22.7 Å². The van der Waals surface area contributed by atoms with Gasteiger partial charge >= 0.3 is 5.97 Å². The van der Waals surface area contributed by atoms with E-state index >= 15 is 0 Å². The number of piperidine rings is 2. The van der Waals surface area contributed by atoms with Gasteiger partial charge in [0.15, 0.2) is 0 Å². The van der Waals surface area contributed by atoms with E-state index in [4.69, 9.17) is 45.5 Å². The minimum absolute atomic E-state index is 0.0772. The summed E-state index contributed by atoms with van der Waals surface area (Å²) in [6, 6.07) is 14.6. The Labute approximate surface area is 236 Å². The Hall–Kier alpha value is -2.72. The standard InChI is InChI=1S/C13H19N3O.C7H13NO2.C6H8N2.CH2Cl2/c1-16-8-4-5-10(9-16)13(17)15-12-7-3-2-6-11(12)14;1-8-4-2-3-6(5-8)7(9)10;7-5-3-1-2-4-6(5)8;2-1-3/h2-3,6-7,10H,4-5,8-9,14H2,1H3,(H,15,17);6H,2-5H2,1H3,(H,9,10);1-4H,7-8H2;1H2/t10-;6-;;/m11../s1. The first-order chi connectivity index (χ1) is 18.1. The summed E-state index contributed by atoms with van der Waals surface area (Å²) in [6.07, 6.45) is 3.91. The van der Waals surface area contributed by atoms with Gasteiger partial charge in [0.1, 0.15) is 0 Å². The molecule has 2 atom stereocenters. The van der Waals surface area contributed by atoms with Crippen LogP contribution in [0.15, 0.2) is 48.5 Å². The molecule has 2 saturated heterocycles. The molecular weight excluding hydrogens is 527 g/mol. The molecule has 2 aromatic rings. The van der Waals surface area contributed by atoms with Crippen molar-refractivity contribution in [1.29, 1.82) is 0 Å². The van der Waals surface area contributed by atoms with Gasteiger partial charge in [-0.3, -0.25) is 9.59 Å². The highest BCUT2D eigenvalue weighted by atomic mass is 35.5. The number of benzene rings is 2. The Morgan fingerprint density at radius 1 is 0.842 bits per heavy atom. The van der Waals surface area contributed by atoms with E-state index in [1.807, 2.05) is 37.4 Å². The third-order valence-corrected chi connectivity index (χ3v) is 6.18. The molecule has 0 spiro atoms. The summed E-state index contributed by atoms with van der Waals surface area (Å²) in [4.78, 5) is 26.8. The first-order valence-electron chi connectivity index (χ1n) is 12.6. The van der Waals surface area contributed by atoms with E-state index in [2.05, 4.69) is 22.2 Å². The number of alkyl halides is 2. The summed E-state index contributed by atoms with van der Waals surface area (Å²) in [5.41, 5.74) is 19.2. The van der Waals surface area contributed by atoms with E-state index < -0.39 is 5.97 Å². The van der Waals surface area contributed by atoms with Crippen molar-refractivity contribution < 1.29 is 14.7 Å². The summed E-state index contributed by atoms with van der Waals surface area (Å²) >= 11 is 9.53. The van der Waals surface area contributed by atoms with Crippen LogP contribution in [0.2, 0.25) is 0 Å². The molecule has 2 aromatic carbocycles. The van der Waals surface area contributed by atoms with Crippen molar-refractivity contribution in [2.24, 2.45) is 11.8 Å². The number of likely N-dealkylation sites (tertiary alicyclic amines) is 2. The number of anilines is 4. The zero-order valence-electron chi connectivity index (χ0n) is 22.3. The molecule has 0 bridgehead atoms. The number of halogens is 2. The Morgan fingerprint density at radius 3 is 1.66 bits per heavy atom. The summed E-state index contributed by atoms with van der Waals surface area (Å²) < 4.78 is 0. The lowest BCUT2D eigenvalue weighted by molar-refractivity contribution is -0.143. The molecule has 212 valence electrons. The molecule has 0 unspecified atom stereocenters. The van der Waals surface area contributed by atoms with Crippen molar-refractivity contribution in [1.82, 2.24) is 9.80 Å². The van der Waals surface area contributed by atoms with Crippen molar-refractivity contribution in [3.8, 4) is 0 Å². The monoisotopic (exact) mass is 568 g/mol. The second-order valence-electron chi connectivity index (χ2n) is 9.35. The first kappa shape index (κ1) is 33.3. The minimum atomic E-state index is -0.647. The number of aliphatic carboxylic acids is 1. The molecule has 0 aliphatic carbocycles. The highest BCUT2D eigenvalue weighted by Crippen LogP contribution is 2.21. The fourth-order valence-electron chi connectivity index (χ4n) is 4.10. The molecular formula is C27H42Cl2N6O3. The number of carbonyl (C=O) groups excluding carboxylic acids is 1. The Balaban J connectivity index is 0.000000292. The lowest BCUT2D eigenvalue weighted by atomic mass is 9.97. The zero-order valence-corrected chi connectivity index (χ0v) is 23.8. The molecule has 2 aliphatic heterocycles. The first-order valence-corrected chi connectivity index (χ1v) is 13.6. The van der Waals surface area contributed by atoms with Gasteiger partial charge in [0, 0.05) is 13.1 Å². The van der Waals surface area contributed by atoms with Crippen molar-refractivity contribution in [3.63, 3.8) is 0 Å². The number of carboxylic acids is 1. The van der Waals surface area contributed by atoms with E-state index in [9.17, 15) is 9.59 Å². The second kappa shape index (κ2) is 18.5. The highest BCUT2D eigenvalue weighted by Gasteiger charge is 2.24. The lowest BCUT2D eigenvalue weighted by Gasteiger charge is -2.28. The maximum atomic E-state index is 12.1. The fourth-order valence-corrected chi connectivity index (χ4v) is 4.10. The van der Waals surface area contributed by atoms with Gasteiger partial charge in [-0.05, 0) is 77.1 Å². The van der Waals surface area contributed by atoms with Crippen LogP contribution in [0.5, 0.6) is 0 Å². The van der Waals surface area contributed by atoms with Crippen LogP contribution >= 0.6 is 23.2 Å². The van der Waals surface area contributed by atoms with Crippen LogP contribution in [0.4, 0.5) is 22.7 Å². The predicted molar refractivity (Wildman–Crippen MR) is 159 cm³/mol. The van der Waals surface area contributed by atoms with Crippen LogP contribution in [0.3, 0.4) is 0 Å². The van der Waals surface area contributed by atoms with Crippen molar-refractivity contribution in [2.75, 3.05) is 68.1 Å². The predicted octanol–water partition coefficient (Wildman–Crippen LogP) is 4.23. The molecule has 11 heteroatoms. The molecule has 8 N–H and O–H groups in total. The van der Waals surface area contributed by atoms with Gasteiger partial charge in [-0.15, -0.1) is 23.2 Å². The molecule has 2 heterocycles. The molecule has 0 saturated carbocycles. The third-order valence-electron chi connectivity index (χ3n) is 6.18. The molecule has 1 amide bonds. The number of hydrogen-bond acceptors (Lipinski definition) is 7. The van der Waals surface area contributed by atoms with Gasteiger partial charge in [-0.25, -0.2) is 0 Å². The number of carboxylic acid groups (broad SMARTS) is 1. The number of nitrogens with one attached hydrogen (secondary N) is 1. The SMILES string of the molecule is CN1CCC[C@@H](C(=O)Nc2ccccc2N)C1.CN1CCC[C@@H](C(=O)O)C1.ClCCl.Nc1ccccc1N. The van der Waals surface area contributed by atoms with Gasteiger partial charge in [-0.2, -0.15) is 0 Å². The van der Waals surface area contributed by atoms with Gasteiger partial charge in [0.05, 0.1) is 39.9 Å². The van der Waals surface area contributed by atoms with Crippen molar-refractivity contribution in [2.45, 2.75) is 25.7 Å². The largest absolute Gasteiger partial charge is 0.481 e. The third kappa shape index (κ3) is 13.2. The summed E-state index contributed by atoms with van der Waals surface area (Å²) in [6.45, 7) is 3.68. The van der Waals surface area contributed by atoms with Gasteiger partial charge < -0.3 is 37.4 Å². The molecule has 4 rings (SSSR count). The smallest absolute Gasteiger partial charge is 0.307 e. The maximum Gasteiger partial charge on any atom is 0.307 e. The van der Waals surface area contributed by atoms with Crippen LogP contribution in [0, 0.1) is 11.8 Å². The number of carbonyl (C=O) groups is 2. The Kier molecular flexibility index (Phi) is 16.2. The summed E-state index contributed by atoms with van der Waals surface area (Å²) in [5.74, 6) is -0.617.